The van der Waals surface area contributed by atoms with Crippen molar-refractivity contribution in [1.29, 1.82) is 0 Å². The zero-order chi connectivity index (χ0) is 18.1. The number of halogens is 1. The van der Waals surface area contributed by atoms with Gasteiger partial charge >= 0.3 is 0 Å². The van der Waals surface area contributed by atoms with Crippen molar-refractivity contribution in [3.8, 4) is 5.75 Å². The average molecular weight is 367 g/mol. The van der Waals surface area contributed by atoms with Crippen molar-refractivity contribution < 1.29 is 9.13 Å². The second-order valence-electron chi connectivity index (χ2n) is 6.13. The highest BCUT2D eigenvalue weighted by atomic mass is 32.1. The van der Waals surface area contributed by atoms with Crippen molar-refractivity contribution in [3.05, 3.63) is 58.9 Å². The van der Waals surface area contributed by atoms with Gasteiger partial charge in [-0.25, -0.2) is 14.4 Å². The summed E-state index contributed by atoms with van der Waals surface area (Å²) in [7, 11) is 0. The molecule has 6 heteroatoms. The van der Waals surface area contributed by atoms with E-state index in [9.17, 15) is 4.39 Å². The molecule has 2 heterocycles. The number of nitrogens with two attached hydrogens (primary N) is 1. The van der Waals surface area contributed by atoms with Crippen LogP contribution in [0.25, 0.3) is 21.1 Å². The fourth-order valence-electron chi connectivity index (χ4n) is 2.86. The van der Waals surface area contributed by atoms with E-state index in [1.807, 2.05) is 18.2 Å². The molecule has 0 saturated heterocycles. The van der Waals surface area contributed by atoms with E-state index in [1.165, 1.54) is 12.1 Å². The topological polar surface area (TPSA) is 61.0 Å². The third kappa shape index (κ3) is 3.20. The van der Waals surface area contributed by atoms with Crippen LogP contribution in [0.2, 0.25) is 0 Å². The van der Waals surface area contributed by atoms with Gasteiger partial charge in [-0.15, -0.1) is 11.3 Å². The smallest absolute Gasteiger partial charge is 0.151 e. The number of hydrogen-bond donors (Lipinski definition) is 1. The molecule has 0 aliphatic carbocycles. The van der Waals surface area contributed by atoms with Crippen LogP contribution in [0.5, 0.6) is 5.75 Å². The van der Waals surface area contributed by atoms with Gasteiger partial charge in [0.25, 0.3) is 0 Å². The normalized spacial score (nSPS) is 11.3. The Morgan fingerprint density at radius 2 is 1.92 bits per heavy atom. The number of fused-ring (bicyclic) bond motifs is 3. The summed E-state index contributed by atoms with van der Waals surface area (Å²) in [6, 6.07) is 12.1. The van der Waals surface area contributed by atoms with Gasteiger partial charge in [0, 0.05) is 11.5 Å². The highest BCUT2D eigenvalue weighted by Crippen LogP contribution is 2.34. The van der Waals surface area contributed by atoms with Crippen LogP contribution in [-0.2, 0) is 13.0 Å². The summed E-state index contributed by atoms with van der Waals surface area (Å²) in [5.74, 6) is 0.892. The number of nitrogen functional groups attached to an aromatic ring is 1. The van der Waals surface area contributed by atoms with E-state index in [1.54, 1.807) is 23.5 Å². The molecule has 0 aliphatic heterocycles. The molecule has 0 fully saturated rings. The Labute approximate surface area is 154 Å². The Balaban J connectivity index is 1.66. The number of pyridine rings is 1. The van der Waals surface area contributed by atoms with Crippen LogP contribution >= 0.6 is 11.3 Å². The maximum Gasteiger partial charge on any atom is 0.151 e. The third-order valence-corrected chi connectivity index (χ3v) is 5.30. The van der Waals surface area contributed by atoms with Crippen LogP contribution in [0, 0.1) is 5.82 Å². The number of aryl methyl sites for hydroxylation is 1. The minimum atomic E-state index is -0.254. The molecule has 4 nitrogen and oxygen atoms in total. The number of ether oxygens (including phenoxy) is 1. The Morgan fingerprint density at radius 3 is 2.69 bits per heavy atom. The summed E-state index contributed by atoms with van der Waals surface area (Å²) in [5.41, 5.74) is 8.59. The van der Waals surface area contributed by atoms with Crippen molar-refractivity contribution in [3.63, 3.8) is 0 Å². The summed E-state index contributed by atoms with van der Waals surface area (Å²) in [6.07, 6.45) is 1.99. The van der Waals surface area contributed by atoms with Crippen molar-refractivity contribution >= 4 is 38.3 Å². The number of anilines is 1. The van der Waals surface area contributed by atoms with Gasteiger partial charge in [0.15, 0.2) is 5.82 Å². The van der Waals surface area contributed by atoms with Crippen LogP contribution in [0.1, 0.15) is 23.9 Å². The lowest BCUT2D eigenvalue weighted by Crippen LogP contribution is -1.97. The molecule has 0 saturated carbocycles. The molecule has 0 atom stereocenters. The zero-order valence-corrected chi connectivity index (χ0v) is 15.1. The molecule has 4 rings (SSSR count). The Kier molecular flexibility index (Phi) is 4.42. The molecule has 0 radical (unpaired) electrons. The number of benzene rings is 2. The fourth-order valence-corrected chi connectivity index (χ4v) is 4.07. The van der Waals surface area contributed by atoms with Crippen molar-refractivity contribution in [2.75, 3.05) is 5.73 Å². The zero-order valence-electron chi connectivity index (χ0n) is 14.3. The summed E-state index contributed by atoms with van der Waals surface area (Å²) in [5, 5.41) is 2.11. The minimum Gasteiger partial charge on any atom is -0.489 e. The number of rotatable bonds is 5. The van der Waals surface area contributed by atoms with Gasteiger partial charge in [-0.05, 0) is 42.7 Å². The summed E-state index contributed by atoms with van der Waals surface area (Å²) < 4.78 is 19.9. The predicted molar refractivity (Wildman–Crippen MR) is 104 cm³/mol. The van der Waals surface area contributed by atoms with E-state index >= 15 is 0 Å². The molecule has 2 aromatic carbocycles. The first-order valence-electron chi connectivity index (χ1n) is 8.50. The first kappa shape index (κ1) is 16.7. The molecule has 132 valence electrons. The molecule has 2 aromatic heterocycles. The first-order chi connectivity index (χ1) is 12.6. The number of thiazole rings is 1. The summed E-state index contributed by atoms with van der Waals surface area (Å²) >= 11 is 1.68. The Bertz CT molecular complexity index is 1080. The molecule has 0 spiro atoms. The van der Waals surface area contributed by atoms with Gasteiger partial charge < -0.3 is 10.5 Å². The molecular weight excluding hydrogens is 349 g/mol. The van der Waals surface area contributed by atoms with E-state index in [-0.39, 0.29) is 5.82 Å². The van der Waals surface area contributed by atoms with Crippen LogP contribution in [0.4, 0.5) is 10.2 Å². The first-order valence-corrected chi connectivity index (χ1v) is 9.31. The van der Waals surface area contributed by atoms with Gasteiger partial charge in [0.2, 0.25) is 0 Å². The molecule has 0 aliphatic rings. The lowest BCUT2D eigenvalue weighted by molar-refractivity contribution is 0.306. The van der Waals surface area contributed by atoms with Crippen LogP contribution in [-0.4, -0.2) is 9.97 Å². The quantitative estimate of drug-likeness (QED) is 0.533. The van der Waals surface area contributed by atoms with E-state index in [0.717, 1.165) is 44.5 Å². The van der Waals surface area contributed by atoms with E-state index in [2.05, 4.69) is 16.9 Å². The average Bonchev–Trinajstić information content (AvgIpc) is 3.06. The minimum absolute atomic E-state index is 0.254. The van der Waals surface area contributed by atoms with Gasteiger partial charge in [0.1, 0.15) is 23.7 Å². The largest absolute Gasteiger partial charge is 0.489 e. The second-order valence-corrected chi connectivity index (χ2v) is 7.21. The number of aromatic nitrogens is 2. The second kappa shape index (κ2) is 6.88. The van der Waals surface area contributed by atoms with E-state index in [0.29, 0.717) is 18.2 Å². The van der Waals surface area contributed by atoms with Crippen LogP contribution < -0.4 is 10.5 Å². The molecule has 26 heavy (non-hydrogen) atoms. The van der Waals surface area contributed by atoms with Crippen LogP contribution in [0.3, 0.4) is 0 Å². The van der Waals surface area contributed by atoms with Crippen molar-refractivity contribution in [2.24, 2.45) is 0 Å². The SMILES string of the molecule is CCCc1nc2c(N)nc3cc(OCc4ccc(F)cc4)ccc3c2s1. The molecule has 2 N–H and O–H groups in total. The maximum absolute atomic E-state index is 13.0. The van der Waals surface area contributed by atoms with Crippen LogP contribution in [0.15, 0.2) is 42.5 Å². The Morgan fingerprint density at radius 1 is 1.12 bits per heavy atom. The standard InChI is InChI=1S/C20H18FN3OS/c1-2-3-17-24-18-19(26-17)15-9-8-14(10-16(15)23-20(18)22)25-11-12-4-6-13(21)7-5-12/h4-10H,2-3,11H2,1H3,(H2,22,23). The summed E-state index contributed by atoms with van der Waals surface area (Å²) in [4.78, 5) is 9.12. The Hall–Kier alpha value is -2.73. The van der Waals surface area contributed by atoms with Gasteiger partial charge in [0.05, 0.1) is 15.2 Å². The lowest BCUT2D eigenvalue weighted by atomic mass is 10.2. The highest BCUT2D eigenvalue weighted by molar-refractivity contribution is 7.19. The van der Waals surface area contributed by atoms with E-state index in [4.69, 9.17) is 10.5 Å². The number of hydrogen-bond acceptors (Lipinski definition) is 5. The van der Waals surface area contributed by atoms with Crippen molar-refractivity contribution in [1.82, 2.24) is 9.97 Å². The molecule has 4 aromatic rings. The maximum atomic E-state index is 13.0. The fraction of sp³-hybridized carbons (Fsp3) is 0.200. The third-order valence-electron chi connectivity index (χ3n) is 4.15. The van der Waals surface area contributed by atoms with Gasteiger partial charge in [-0.1, -0.05) is 19.1 Å². The molecular formula is C20H18FN3OS. The van der Waals surface area contributed by atoms with Crippen molar-refractivity contribution in [2.45, 2.75) is 26.4 Å². The molecule has 0 amide bonds. The lowest BCUT2D eigenvalue weighted by Gasteiger charge is -2.08. The molecule has 0 unspecified atom stereocenters. The predicted octanol–water partition coefficient (Wildman–Crippen LogP) is 5.10. The number of nitrogens with zero attached hydrogens (tertiary/aromatic N) is 2. The molecule has 0 bridgehead atoms. The highest BCUT2D eigenvalue weighted by Gasteiger charge is 2.13. The summed E-state index contributed by atoms with van der Waals surface area (Å²) in [6.45, 7) is 2.50. The van der Waals surface area contributed by atoms with E-state index < -0.39 is 0 Å². The van der Waals surface area contributed by atoms with Gasteiger partial charge in [-0.3, -0.25) is 0 Å². The van der Waals surface area contributed by atoms with Gasteiger partial charge in [-0.2, -0.15) is 0 Å². The monoisotopic (exact) mass is 367 g/mol.